The van der Waals surface area contributed by atoms with Gasteiger partial charge in [0.2, 0.25) is 0 Å². The van der Waals surface area contributed by atoms with Gasteiger partial charge in [-0.25, -0.2) is 0 Å². The second-order valence-corrected chi connectivity index (χ2v) is 5.51. The first kappa shape index (κ1) is 14.7. The molecule has 0 unspecified atom stereocenters. The maximum atomic E-state index is 5.38. The van der Waals surface area contributed by atoms with Gasteiger partial charge >= 0.3 is 0 Å². The number of ether oxygens (including phenoxy) is 1. The number of hydrogen-bond donors (Lipinski definition) is 1. The zero-order valence-corrected chi connectivity index (χ0v) is 13.4. The van der Waals surface area contributed by atoms with E-state index < -0.39 is 0 Å². The minimum absolute atomic E-state index is 0.676. The molecular formula is C15H18BrN3O. The van der Waals surface area contributed by atoms with Crippen LogP contribution >= 0.6 is 15.9 Å². The van der Waals surface area contributed by atoms with E-state index in [1.165, 1.54) is 0 Å². The van der Waals surface area contributed by atoms with Gasteiger partial charge < -0.3 is 15.0 Å². The fourth-order valence-electron chi connectivity index (χ4n) is 1.99. The normalized spacial score (nSPS) is 10.2. The monoisotopic (exact) mass is 335 g/mol. The molecule has 4 nitrogen and oxygen atoms in total. The largest absolute Gasteiger partial charge is 0.496 e. The van der Waals surface area contributed by atoms with Crippen LogP contribution in [0, 0.1) is 0 Å². The van der Waals surface area contributed by atoms with Crippen molar-refractivity contribution >= 4 is 27.3 Å². The van der Waals surface area contributed by atoms with Gasteiger partial charge in [0.15, 0.2) is 0 Å². The Balaban J connectivity index is 2.19. The Kier molecular flexibility index (Phi) is 4.84. The van der Waals surface area contributed by atoms with Crippen molar-refractivity contribution in [2.45, 2.75) is 6.54 Å². The number of pyridine rings is 1. The molecule has 1 N–H and O–H groups in total. The minimum atomic E-state index is 0.676. The second-order valence-electron chi connectivity index (χ2n) is 4.60. The number of anilines is 2. The number of methoxy groups -OCH3 is 1. The Morgan fingerprint density at radius 2 is 2.10 bits per heavy atom. The van der Waals surface area contributed by atoms with E-state index in [9.17, 15) is 0 Å². The molecule has 0 saturated heterocycles. The first-order chi connectivity index (χ1) is 9.61. The Morgan fingerprint density at radius 3 is 2.80 bits per heavy atom. The highest BCUT2D eigenvalue weighted by molar-refractivity contribution is 9.10. The molecule has 0 radical (unpaired) electrons. The lowest BCUT2D eigenvalue weighted by Crippen LogP contribution is -2.12. The molecule has 20 heavy (non-hydrogen) atoms. The van der Waals surface area contributed by atoms with Gasteiger partial charge in [-0.3, -0.25) is 4.98 Å². The summed E-state index contributed by atoms with van der Waals surface area (Å²) in [5.41, 5.74) is 3.20. The van der Waals surface area contributed by atoms with Crippen molar-refractivity contribution in [3.05, 3.63) is 46.7 Å². The molecule has 0 atom stereocenters. The van der Waals surface area contributed by atoms with Crippen LogP contribution in [0.5, 0.6) is 5.75 Å². The van der Waals surface area contributed by atoms with E-state index in [0.29, 0.717) is 6.54 Å². The first-order valence-corrected chi connectivity index (χ1v) is 7.08. The summed E-state index contributed by atoms with van der Waals surface area (Å²) in [6.45, 7) is 0.676. The molecule has 0 amide bonds. The van der Waals surface area contributed by atoms with E-state index in [0.717, 1.165) is 27.2 Å². The molecule has 0 aliphatic rings. The molecule has 0 spiro atoms. The first-order valence-electron chi connectivity index (χ1n) is 6.29. The zero-order chi connectivity index (χ0) is 14.5. The van der Waals surface area contributed by atoms with Gasteiger partial charge in [-0.05, 0) is 24.3 Å². The van der Waals surface area contributed by atoms with E-state index in [4.69, 9.17) is 4.74 Å². The van der Waals surface area contributed by atoms with Gasteiger partial charge in [-0.2, -0.15) is 0 Å². The van der Waals surface area contributed by atoms with Gasteiger partial charge in [0, 0.05) is 36.9 Å². The van der Waals surface area contributed by atoms with E-state index in [-0.39, 0.29) is 0 Å². The number of nitrogens with one attached hydrogen (secondary N) is 1. The van der Waals surface area contributed by atoms with Crippen molar-refractivity contribution in [2.75, 3.05) is 31.4 Å². The number of nitrogens with zero attached hydrogens (tertiary/aromatic N) is 2. The third-order valence-electron chi connectivity index (χ3n) is 2.99. The molecule has 106 valence electrons. The average molecular weight is 336 g/mol. The predicted molar refractivity (Wildman–Crippen MR) is 86.6 cm³/mol. The molecule has 5 heteroatoms. The summed E-state index contributed by atoms with van der Waals surface area (Å²) in [6, 6.07) is 7.97. The van der Waals surface area contributed by atoms with E-state index in [1.54, 1.807) is 13.3 Å². The Labute approximate surface area is 127 Å². The van der Waals surface area contributed by atoms with Crippen molar-refractivity contribution < 1.29 is 4.74 Å². The highest BCUT2D eigenvalue weighted by Gasteiger charge is 2.07. The van der Waals surface area contributed by atoms with Crippen LogP contribution in [0.15, 0.2) is 41.1 Å². The van der Waals surface area contributed by atoms with E-state index in [2.05, 4.69) is 37.2 Å². The Morgan fingerprint density at radius 1 is 1.30 bits per heavy atom. The van der Waals surface area contributed by atoms with Crippen molar-refractivity contribution in [1.82, 2.24) is 4.98 Å². The lowest BCUT2D eigenvalue weighted by molar-refractivity contribution is 0.410. The standard InChI is InChI=1S/C15H18BrN3O/c1-19(2)14-6-7-17-10-13(14)18-9-11-8-12(16)4-5-15(11)20-3/h4-8,10,18H,9H2,1-3H3. The van der Waals surface area contributed by atoms with Crippen LogP contribution in [-0.4, -0.2) is 26.2 Å². The molecule has 2 rings (SSSR count). The molecule has 0 bridgehead atoms. The van der Waals surface area contributed by atoms with Gasteiger partial charge in [-0.15, -0.1) is 0 Å². The maximum absolute atomic E-state index is 5.38. The van der Waals surface area contributed by atoms with Crippen molar-refractivity contribution in [1.29, 1.82) is 0 Å². The molecule has 1 heterocycles. The zero-order valence-electron chi connectivity index (χ0n) is 11.9. The fraction of sp³-hybridized carbons (Fsp3) is 0.267. The molecule has 1 aromatic carbocycles. The van der Waals surface area contributed by atoms with Crippen LogP contribution in [0.4, 0.5) is 11.4 Å². The number of benzene rings is 1. The van der Waals surface area contributed by atoms with Crippen molar-refractivity contribution in [3.8, 4) is 5.75 Å². The predicted octanol–water partition coefficient (Wildman–Crippen LogP) is 3.53. The summed E-state index contributed by atoms with van der Waals surface area (Å²) in [4.78, 5) is 6.23. The van der Waals surface area contributed by atoms with Crippen molar-refractivity contribution in [2.24, 2.45) is 0 Å². The molecule has 0 fully saturated rings. The number of aromatic nitrogens is 1. The van der Waals surface area contributed by atoms with Gasteiger partial charge in [0.25, 0.3) is 0 Å². The van der Waals surface area contributed by atoms with Gasteiger partial charge in [0.1, 0.15) is 5.75 Å². The lowest BCUT2D eigenvalue weighted by atomic mass is 10.2. The van der Waals surface area contributed by atoms with Crippen LogP contribution in [0.3, 0.4) is 0 Å². The smallest absolute Gasteiger partial charge is 0.123 e. The van der Waals surface area contributed by atoms with Crippen molar-refractivity contribution in [3.63, 3.8) is 0 Å². The van der Waals surface area contributed by atoms with Gasteiger partial charge in [0.05, 0.1) is 24.7 Å². The summed E-state index contributed by atoms with van der Waals surface area (Å²) < 4.78 is 6.42. The number of halogens is 1. The van der Waals surface area contributed by atoms with E-state index >= 15 is 0 Å². The van der Waals surface area contributed by atoms with Crippen LogP contribution in [-0.2, 0) is 6.54 Å². The number of rotatable bonds is 5. The molecule has 2 aromatic rings. The van der Waals surface area contributed by atoms with E-state index in [1.807, 2.05) is 38.5 Å². The quantitative estimate of drug-likeness (QED) is 0.906. The summed E-state index contributed by atoms with van der Waals surface area (Å²) in [7, 11) is 5.71. The van der Waals surface area contributed by atoms with Crippen LogP contribution in [0.25, 0.3) is 0 Å². The third kappa shape index (κ3) is 3.42. The SMILES string of the molecule is COc1ccc(Br)cc1CNc1cnccc1N(C)C. The summed E-state index contributed by atoms with van der Waals surface area (Å²) in [5.74, 6) is 0.871. The van der Waals surface area contributed by atoms with Gasteiger partial charge in [-0.1, -0.05) is 15.9 Å². The summed E-state index contributed by atoms with van der Waals surface area (Å²) >= 11 is 3.49. The van der Waals surface area contributed by atoms with Crippen LogP contribution < -0.4 is 15.0 Å². The molecular weight excluding hydrogens is 318 g/mol. The maximum Gasteiger partial charge on any atom is 0.123 e. The molecule has 0 saturated carbocycles. The van der Waals surface area contributed by atoms with Crippen LogP contribution in [0.1, 0.15) is 5.56 Å². The van der Waals surface area contributed by atoms with Crippen LogP contribution in [0.2, 0.25) is 0 Å². The Bertz CT molecular complexity index is 587. The molecule has 0 aliphatic heterocycles. The fourth-order valence-corrected chi connectivity index (χ4v) is 2.40. The highest BCUT2D eigenvalue weighted by atomic mass is 79.9. The lowest BCUT2D eigenvalue weighted by Gasteiger charge is -2.18. The molecule has 1 aromatic heterocycles. The number of hydrogen-bond acceptors (Lipinski definition) is 4. The summed E-state index contributed by atoms with van der Waals surface area (Å²) in [5, 5.41) is 3.41. The summed E-state index contributed by atoms with van der Waals surface area (Å²) in [6.07, 6.45) is 3.62. The average Bonchev–Trinajstić information content (AvgIpc) is 2.45. The minimum Gasteiger partial charge on any atom is -0.496 e. The third-order valence-corrected chi connectivity index (χ3v) is 3.48. The highest BCUT2D eigenvalue weighted by Crippen LogP contribution is 2.26. The molecule has 0 aliphatic carbocycles. The topological polar surface area (TPSA) is 37.4 Å². The second kappa shape index (κ2) is 6.61. The Hall–Kier alpha value is -1.75.